The van der Waals surface area contributed by atoms with Gasteiger partial charge in [-0.05, 0) is 56.3 Å². The number of nitrogens with zero attached hydrogens (tertiary/aromatic N) is 1. The van der Waals surface area contributed by atoms with Crippen molar-refractivity contribution in [2.24, 2.45) is 0 Å². The molecule has 3 aromatic carbocycles. The van der Waals surface area contributed by atoms with Crippen LogP contribution in [0.15, 0.2) is 46.9 Å². The molecule has 6 nitrogen and oxygen atoms in total. The van der Waals surface area contributed by atoms with Gasteiger partial charge < -0.3 is 19.1 Å². The Morgan fingerprint density at radius 2 is 1.68 bits per heavy atom. The van der Waals surface area contributed by atoms with Crippen molar-refractivity contribution in [1.29, 1.82) is 0 Å². The lowest BCUT2D eigenvalue weighted by Crippen LogP contribution is -2.23. The van der Waals surface area contributed by atoms with Crippen molar-refractivity contribution in [1.82, 2.24) is 0 Å². The van der Waals surface area contributed by atoms with E-state index in [0.29, 0.717) is 48.3 Å². The topological polar surface area (TPSA) is 65.1 Å². The van der Waals surface area contributed by atoms with Crippen molar-refractivity contribution < 1.29 is 23.8 Å². The summed E-state index contributed by atoms with van der Waals surface area (Å²) in [6.45, 7) is 6.46. The first-order chi connectivity index (χ1) is 14.9. The van der Waals surface area contributed by atoms with Gasteiger partial charge >= 0.3 is 5.97 Å². The number of carbonyl (C=O) groups is 2. The molecular formula is C24H22BrNO5. The molecule has 1 aliphatic heterocycles. The van der Waals surface area contributed by atoms with Gasteiger partial charge in [0.05, 0.1) is 25.3 Å². The molecule has 7 heteroatoms. The largest absolute Gasteiger partial charge is 0.493 e. The Morgan fingerprint density at radius 1 is 1.00 bits per heavy atom. The van der Waals surface area contributed by atoms with E-state index in [1.807, 2.05) is 32.0 Å². The second-order valence-electron chi connectivity index (χ2n) is 7.05. The van der Waals surface area contributed by atoms with Gasteiger partial charge in [-0.2, -0.15) is 0 Å². The summed E-state index contributed by atoms with van der Waals surface area (Å²) in [4.78, 5) is 26.4. The Hall–Kier alpha value is -3.06. The van der Waals surface area contributed by atoms with Gasteiger partial charge in [0.25, 0.3) is 5.91 Å². The lowest BCUT2D eigenvalue weighted by atomic mass is 9.99. The number of anilines is 1. The summed E-state index contributed by atoms with van der Waals surface area (Å²) in [6, 6.07) is 12.8. The van der Waals surface area contributed by atoms with Crippen LogP contribution in [0.3, 0.4) is 0 Å². The molecule has 0 N–H and O–H groups in total. The monoisotopic (exact) mass is 483 g/mol. The van der Waals surface area contributed by atoms with E-state index in [0.717, 1.165) is 20.8 Å². The molecule has 0 aromatic heterocycles. The molecule has 0 atom stereocenters. The van der Waals surface area contributed by atoms with Gasteiger partial charge in [0.2, 0.25) is 0 Å². The van der Waals surface area contributed by atoms with E-state index < -0.39 is 5.97 Å². The van der Waals surface area contributed by atoms with E-state index in [4.69, 9.17) is 14.2 Å². The number of hydrogen-bond donors (Lipinski definition) is 0. The zero-order chi connectivity index (χ0) is 22.1. The fourth-order valence-electron chi connectivity index (χ4n) is 3.86. The van der Waals surface area contributed by atoms with Gasteiger partial charge in [0.1, 0.15) is 17.2 Å². The maximum Gasteiger partial charge on any atom is 0.308 e. The Kier molecular flexibility index (Phi) is 5.87. The van der Waals surface area contributed by atoms with Gasteiger partial charge in [-0.1, -0.05) is 15.9 Å². The summed E-state index contributed by atoms with van der Waals surface area (Å²) in [7, 11) is 0. The van der Waals surface area contributed by atoms with Crippen molar-refractivity contribution >= 4 is 44.3 Å². The number of amides is 1. The second kappa shape index (κ2) is 8.59. The highest BCUT2D eigenvalue weighted by Crippen LogP contribution is 2.46. The molecule has 4 rings (SSSR count). The Balaban J connectivity index is 1.85. The number of carbonyl (C=O) groups excluding carboxylic acids is 2. The van der Waals surface area contributed by atoms with Crippen LogP contribution in [-0.2, 0) is 11.3 Å². The predicted molar refractivity (Wildman–Crippen MR) is 122 cm³/mol. The molecule has 1 amide bonds. The summed E-state index contributed by atoms with van der Waals surface area (Å²) < 4.78 is 18.0. The molecule has 0 saturated heterocycles. The van der Waals surface area contributed by atoms with Crippen LogP contribution in [0.25, 0.3) is 10.8 Å². The molecule has 0 fully saturated rings. The van der Waals surface area contributed by atoms with Gasteiger partial charge in [-0.3, -0.25) is 9.59 Å². The number of halogens is 1. The number of hydrogen-bond acceptors (Lipinski definition) is 5. The van der Waals surface area contributed by atoms with E-state index in [1.165, 1.54) is 6.92 Å². The third-order valence-electron chi connectivity index (χ3n) is 5.04. The first-order valence-corrected chi connectivity index (χ1v) is 10.9. The fraction of sp³-hybridized carbons (Fsp3) is 0.250. The van der Waals surface area contributed by atoms with Gasteiger partial charge in [0.15, 0.2) is 0 Å². The van der Waals surface area contributed by atoms with E-state index in [2.05, 4.69) is 15.9 Å². The fourth-order valence-corrected chi connectivity index (χ4v) is 4.23. The Labute approximate surface area is 188 Å². The molecule has 31 heavy (non-hydrogen) atoms. The quantitative estimate of drug-likeness (QED) is 0.342. The zero-order valence-electron chi connectivity index (χ0n) is 17.5. The van der Waals surface area contributed by atoms with Gasteiger partial charge in [-0.15, -0.1) is 0 Å². The van der Waals surface area contributed by atoms with Crippen LogP contribution in [-0.4, -0.2) is 25.1 Å². The lowest BCUT2D eigenvalue weighted by molar-refractivity contribution is -0.131. The van der Waals surface area contributed by atoms with Crippen LogP contribution in [0.1, 0.15) is 36.7 Å². The molecule has 0 saturated carbocycles. The predicted octanol–water partition coefficient (Wildman–Crippen LogP) is 5.49. The minimum Gasteiger partial charge on any atom is -0.493 e. The standard InChI is InChI=1S/C24H22BrNO5/c1-4-29-22-18-11-6-15(25)12-19(18)23(30-5-2)21-20(22)13-26(24(21)28)16-7-9-17(10-8-16)31-14(3)27/h6-12H,4-5,13H2,1-3H3. The van der Waals surface area contributed by atoms with E-state index in [9.17, 15) is 9.59 Å². The number of fused-ring (bicyclic) bond motifs is 2. The minimum atomic E-state index is -0.391. The third kappa shape index (κ3) is 3.85. The summed E-state index contributed by atoms with van der Waals surface area (Å²) in [5.41, 5.74) is 2.04. The SMILES string of the molecule is CCOc1c2c(c(OCC)c3cc(Br)ccc13)C(=O)N(c1ccc(OC(C)=O)cc1)C2. The summed E-state index contributed by atoms with van der Waals surface area (Å²) in [6.07, 6.45) is 0. The van der Waals surface area contributed by atoms with E-state index >= 15 is 0 Å². The number of esters is 1. The van der Waals surface area contributed by atoms with Crippen LogP contribution in [0.5, 0.6) is 17.2 Å². The minimum absolute atomic E-state index is 0.151. The van der Waals surface area contributed by atoms with Crippen LogP contribution < -0.4 is 19.1 Å². The highest BCUT2D eigenvalue weighted by atomic mass is 79.9. The summed E-state index contributed by atoms with van der Waals surface area (Å²) in [5, 5.41) is 1.74. The van der Waals surface area contributed by atoms with Gasteiger partial charge in [0, 0.05) is 33.4 Å². The average molecular weight is 484 g/mol. The summed E-state index contributed by atoms with van der Waals surface area (Å²) in [5.74, 6) is 1.16. The Bertz CT molecular complexity index is 1170. The number of ether oxygens (including phenoxy) is 3. The molecular weight excluding hydrogens is 462 g/mol. The van der Waals surface area contributed by atoms with Crippen LogP contribution in [0, 0.1) is 0 Å². The van der Waals surface area contributed by atoms with Crippen LogP contribution in [0.4, 0.5) is 5.69 Å². The number of rotatable bonds is 6. The van der Waals surface area contributed by atoms with Crippen molar-refractivity contribution in [2.45, 2.75) is 27.3 Å². The molecule has 1 heterocycles. The first kappa shape index (κ1) is 21.2. The molecule has 1 aliphatic rings. The van der Waals surface area contributed by atoms with Crippen molar-refractivity contribution in [3.63, 3.8) is 0 Å². The van der Waals surface area contributed by atoms with Crippen molar-refractivity contribution in [2.75, 3.05) is 18.1 Å². The van der Waals surface area contributed by atoms with Gasteiger partial charge in [-0.25, -0.2) is 0 Å². The smallest absolute Gasteiger partial charge is 0.308 e. The zero-order valence-corrected chi connectivity index (χ0v) is 19.1. The normalized spacial score (nSPS) is 12.8. The van der Waals surface area contributed by atoms with E-state index in [1.54, 1.807) is 29.2 Å². The molecule has 160 valence electrons. The molecule has 0 unspecified atom stereocenters. The number of benzene rings is 3. The first-order valence-electron chi connectivity index (χ1n) is 10.1. The highest BCUT2D eigenvalue weighted by Gasteiger charge is 2.36. The lowest BCUT2D eigenvalue weighted by Gasteiger charge is -2.17. The molecule has 0 radical (unpaired) electrons. The molecule has 3 aromatic rings. The third-order valence-corrected chi connectivity index (χ3v) is 5.53. The molecule has 0 bridgehead atoms. The van der Waals surface area contributed by atoms with E-state index in [-0.39, 0.29) is 5.91 Å². The van der Waals surface area contributed by atoms with Crippen LogP contribution in [0.2, 0.25) is 0 Å². The maximum atomic E-state index is 13.5. The van der Waals surface area contributed by atoms with Crippen molar-refractivity contribution in [3.8, 4) is 17.2 Å². The molecule has 0 aliphatic carbocycles. The Morgan fingerprint density at radius 3 is 2.32 bits per heavy atom. The highest BCUT2D eigenvalue weighted by molar-refractivity contribution is 9.10. The molecule has 0 spiro atoms. The van der Waals surface area contributed by atoms with Crippen molar-refractivity contribution in [3.05, 3.63) is 58.1 Å². The summed E-state index contributed by atoms with van der Waals surface area (Å²) >= 11 is 3.52. The van der Waals surface area contributed by atoms with Crippen LogP contribution >= 0.6 is 15.9 Å². The average Bonchev–Trinajstić information content (AvgIpc) is 3.08. The second-order valence-corrected chi connectivity index (χ2v) is 7.96. The maximum absolute atomic E-state index is 13.5.